The van der Waals surface area contributed by atoms with Crippen molar-refractivity contribution in [1.82, 2.24) is 15.6 Å². The maximum Gasteiger partial charge on any atom is 0.322 e. The van der Waals surface area contributed by atoms with Gasteiger partial charge in [-0.3, -0.25) is 34.2 Å². The van der Waals surface area contributed by atoms with Crippen LogP contribution in [0.4, 0.5) is 0 Å². The fourth-order valence-electron chi connectivity index (χ4n) is 4.37. The maximum atomic E-state index is 10.6. The number of nitrogens with one attached hydrogen (secondary N) is 4. The van der Waals surface area contributed by atoms with E-state index in [1.807, 2.05) is 58.2 Å². The monoisotopic (exact) mass is 860 g/mol. The molecule has 0 amide bonds. The molecule has 0 radical (unpaired) electrons. The van der Waals surface area contributed by atoms with Gasteiger partial charge in [-0.05, 0) is 62.1 Å². The van der Waals surface area contributed by atoms with E-state index in [4.69, 9.17) is 75.6 Å². The number of carboxylic acid groups (broad SMARTS) is 6. The molecule has 23 N–H and O–H groups in total. The van der Waals surface area contributed by atoms with Crippen LogP contribution in [-0.2, 0) is 35.2 Å². The normalized spacial score (nSPS) is 15.6. The van der Waals surface area contributed by atoms with Gasteiger partial charge in [0.15, 0.2) is 5.96 Å². The minimum atomic E-state index is -1.18. The fraction of sp³-hybridized carbons (Fsp3) is 0.595. The van der Waals surface area contributed by atoms with Crippen molar-refractivity contribution in [1.29, 1.82) is 5.41 Å². The molecule has 1 unspecified atom stereocenters. The van der Waals surface area contributed by atoms with Crippen molar-refractivity contribution >= 4 is 52.7 Å². The molecule has 7 atom stereocenters. The third-order valence-electron chi connectivity index (χ3n) is 8.21. The van der Waals surface area contributed by atoms with Crippen molar-refractivity contribution in [2.24, 2.45) is 46.2 Å². The molecule has 23 heteroatoms. The lowest BCUT2D eigenvalue weighted by atomic mass is 10.0. The van der Waals surface area contributed by atoms with Crippen LogP contribution in [0.1, 0.15) is 71.8 Å². The van der Waals surface area contributed by atoms with Crippen LogP contribution in [0.3, 0.4) is 0 Å². The molecule has 60 heavy (non-hydrogen) atoms. The predicted molar refractivity (Wildman–Crippen MR) is 224 cm³/mol. The van der Waals surface area contributed by atoms with Gasteiger partial charge in [-0.25, -0.2) is 0 Å². The molecule has 0 aliphatic carbocycles. The van der Waals surface area contributed by atoms with Gasteiger partial charge in [0.25, 0.3) is 0 Å². The number of aliphatic carboxylic acids is 6. The first-order valence-corrected chi connectivity index (χ1v) is 19.0. The Labute approximate surface area is 348 Å². The zero-order valence-corrected chi connectivity index (χ0v) is 34.6. The standard InChI is InChI=1S/C11H12N2O2.C6H14N4O2.2C6H13NO2.C5H9NO2.C3H7NO3/c12-9(11(14)15)5-7-6-13-10-4-2-1-3-8(7)10;7-4(5(11)12)2-1-3-10-6(8)9;1-4(2)3-5(7)6(8)9;1-3-4(2)5(7)6(8)9;7-5(8)4-2-1-3-6-4;4-2(1-5)3(6)7/h1-4,6,9,13H,5,12H2,(H,14,15);4H,1-3,7H2,(H,11,12)(H4,8,9,10);2*4-5H,3,7H2,1-2H3,(H,8,9);4,6H,1-3H2,(H,7,8);2,5H,1,4H2,(H,6,7)/t9-;4-;5-;4?,5-;4-;2-/m000000/s1. The number of hydrogen-bond donors (Lipinski definition) is 17. The zero-order valence-electron chi connectivity index (χ0n) is 34.6. The van der Waals surface area contributed by atoms with Gasteiger partial charge in [-0.1, -0.05) is 52.3 Å². The van der Waals surface area contributed by atoms with Gasteiger partial charge in [0.2, 0.25) is 0 Å². The summed E-state index contributed by atoms with van der Waals surface area (Å²) in [6.45, 7) is 8.49. The predicted octanol–water partition coefficient (Wildman–Crippen LogP) is -1.11. The van der Waals surface area contributed by atoms with E-state index in [1.165, 1.54) is 0 Å². The number of aromatic amines is 1. The minimum absolute atomic E-state index is 0.0718. The Bertz CT molecular complexity index is 1570. The highest BCUT2D eigenvalue weighted by Gasteiger charge is 2.20. The highest BCUT2D eigenvalue weighted by Crippen LogP contribution is 2.18. The van der Waals surface area contributed by atoms with Crippen LogP contribution in [0.15, 0.2) is 30.5 Å². The summed E-state index contributed by atoms with van der Waals surface area (Å²) in [5.74, 6) is -5.38. The summed E-state index contributed by atoms with van der Waals surface area (Å²) in [5, 5.41) is 71.2. The second-order valence-electron chi connectivity index (χ2n) is 13.9. The number of benzene rings is 1. The second kappa shape index (κ2) is 33.4. The average Bonchev–Trinajstić information content (AvgIpc) is 3.87. The number of nitrogens with two attached hydrogens (primary N) is 6. The molecule has 1 aromatic heterocycles. The summed E-state index contributed by atoms with van der Waals surface area (Å²) in [4.78, 5) is 64.0. The third-order valence-corrected chi connectivity index (χ3v) is 8.21. The summed E-state index contributed by atoms with van der Waals surface area (Å²) < 4.78 is 0. The quantitative estimate of drug-likeness (QED) is 0.0509. The molecule has 2 aromatic rings. The van der Waals surface area contributed by atoms with Gasteiger partial charge in [0.1, 0.15) is 36.3 Å². The number of carboxylic acids is 6. The summed E-state index contributed by atoms with van der Waals surface area (Å²) in [6.07, 6.45) is 6.28. The number of aliphatic hydroxyl groups excluding tert-OH is 1. The number of aromatic nitrogens is 1. The Morgan fingerprint density at radius 3 is 1.68 bits per heavy atom. The van der Waals surface area contributed by atoms with Gasteiger partial charge >= 0.3 is 35.8 Å². The van der Waals surface area contributed by atoms with Gasteiger partial charge in [-0.2, -0.15) is 0 Å². The van der Waals surface area contributed by atoms with Crippen molar-refractivity contribution in [3.8, 4) is 0 Å². The molecule has 0 saturated carbocycles. The highest BCUT2D eigenvalue weighted by atomic mass is 16.4. The second-order valence-corrected chi connectivity index (χ2v) is 13.9. The van der Waals surface area contributed by atoms with Crippen LogP contribution in [0.2, 0.25) is 0 Å². The molecule has 1 saturated heterocycles. The van der Waals surface area contributed by atoms with Crippen molar-refractivity contribution < 1.29 is 64.5 Å². The molecule has 3 rings (SSSR count). The molecule has 344 valence electrons. The molecule has 23 nitrogen and oxygen atoms in total. The Kier molecular flexibility index (Phi) is 32.8. The molecular formula is C37H68N10O13. The van der Waals surface area contributed by atoms with Crippen molar-refractivity contribution in [2.45, 2.75) is 109 Å². The maximum absolute atomic E-state index is 10.6. The number of carbonyl (C=O) groups is 6. The number of hydrogen-bond acceptors (Lipinski definition) is 14. The minimum Gasteiger partial charge on any atom is -0.480 e. The van der Waals surface area contributed by atoms with E-state index in [1.54, 1.807) is 0 Å². The number of aliphatic hydroxyl groups is 1. The first-order valence-electron chi connectivity index (χ1n) is 19.0. The van der Waals surface area contributed by atoms with Crippen molar-refractivity contribution in [3.63, 3.8) is 0 Å². The summed E-state index contributed by atoms with van der Waals surface area (Å²) >= 11 is 0. The number of para-hydroxylation sites is 1. The van der Waals surface area contributed by atoms with E-state index in [0.717, 1.165) is 42.3 Å². The lowest BCUT2D eigenvalue weighted by molar-refractivity contribution is -0.140. The topological polar surface area (TPSA) is 464 Å². The first-order chi connectivity index (χ1) is 27.8. The Morgan fingerprint density at radius 1 is 0.817 bits per heavy atom. The third kappa shape index (κ3) is 29.7. The van der Waals surface area contributed by atoms with E-state index in [-0.39, 0.29) is 17.9 Å². The molecule has 2 heterocycles. The van der Waals surface area contributed by atoms with E-state index in [2.05, 4.69) is 15.6 Å². The number of rotatable bonds is 17. The molecule has 0 bridgehead atoms. The van der Waals surface area contributed by atoms with Crippen LogP contribution in [0.5, 0.6) is 0 Å². The first kappa shape index (κ1) is 58.9. The summed E-state index contributed by atoms with van der Waals surface area (Å²) in [7, 11) is 0. The molecule has 1 aromatic carbocycles. The summed E-state index contributed by atoms with van der Waals surface area (Å²) in [5.41, 5.74) is 32.9. The zero-order chi connectivity index (χ0) is 47.1. The largest absolute Gasteiger partial charge is 0.480 e. The van der Waals surface area contributed by atoms with Crippen LogP contribution >= 0.6 is 0 Å². The van der Waals surface area contributed by atoms with Crippen LogP contribution < -0.4 is 45.0 Å². The van der Waals surface area contributed by atoms with Crippen LogP contribution in [0, 0.1) is 17.2 Å². The smallest absolute Gasteiger partial charge is 0.322 e. The molecule has 0 spiro atoms. The van der Waals surface area contributed by atoms with Crippen molar-refractivity contribution in [2.75, 3.05) is 19.7 Å². The van der Waals surface area contributed by atoms with E-state index in [9.17, 15) is 28.8 Å². The highest BCUT2D eigenvalue weighted by molar-refractivity contribution is 5.84. The molecule has 1 aliphatic rings. The van der Waals surface area contributed by atoms with Crippen LogP contribution in [0.25, 0.3) is 10.9 Å². The fourth-order valence-corrected chi connectivity index (χ4v) is 4.37. The Balaban J connectivity index is -0.000000664. The number of fused-ring (bicyclic) bond motifs is 1. The van der Waals surface area contributed by atoms with Gasteiger partial charge < -0.3 is 85.8 Å². The number of guanidine groups is 1. The average molecular weight is 861 g/mol. The Morgan fingerprint density at radius 2 is 1.35 bits per heavy atom. The van der Waals surface area contributed by atoms with Crippen LogP contribution in [-0.4, -0.2) is 138 Å². The lowest BCUT2D eigenvalue weighted by Crippen LogP contribution is -2.36. The van der Waals surface area contributed by atoms with E-state index >= 15 is 0 Å². The Hall–Kier alpha value is -5.43. The summed E-state index contributed by atoms with van der Waals surface area (Å²) in [6, 6.07) is 3.31. The lowest BCUT2D eigenvalue weighted by Gasteiger charge is -2.11. The van der Waals surface area contributed by atoms with Gasteiger partial charge in [-0.15, -0.1) is 0 Å². The molecule has 1 fully saturated rings. The van der Waals surface area contributed by atoms with E-state index in [0.29, 0.717) is 38.1 Å². The van der Waals surface area contributed by atoms with Gasteiger partial charge in [0, 0.05) is 30.1 Å². The van der Waals surface area contributed by atoms with Crippen molar-refractivity contribution in [3.05, 3.63) is 36.0 Å². The van der Waals surface area contributed by atoms with Gasteiger partial charge in [0.05, 0.1) is 6.61 Å². The molecule has 1 aliphatic heterocycles. The molecular weight excluding hydrogens is 792 g/mol. The SMILES string of the molecule is CC(C)C[C@H](N)C(=O)O.CCC(C)[C@H](N)C(=O)O.N=C(N)NCCC[C@H](N)C(=O)O.N[C@@H](CO)C(=O)O.N[C@@H](Cc1c[nH]c2ccccc12)C(=O)O.O=C(O)[C@@H]1CCCN1. The number of H-pyrrole nitrogens is 1. The van der Waals surface area contributed by atoms with E-state index < -0.39 is 72.6 Å².